The summed E-state index contributed by atoms with van der Waals surface area (Å²) >= 11 is 1.31. The lowest BCUT2D eigenvalue weighted by atomic mass is 9.98. The summed E-state index contributed by atoms with van der Waals surface area (Å²) in [5.41, 5.74) is 3.78. The van der Waals surface area contributed by atoms with E-state index in [1.54, 1.807) is 48.5 Å². The molecule has 7 heteroatoms. The fraction of sp³-hybridized carbons (Fsp3) is 0.0769. The van der Waals surface area contributed by atoms with Crippen molar-refractivity contribution in [3.63, 3.8) is 0 Å². The van der Waals surface area contributed by atoms with Crippen LogP contribution < -0.4 is 10.6 Å². The van der Waals surface area contributed by atoms with E-state index < -0.39 is 0 Å². The molecule has 0 bridgehead atoms. The fourth-order valence-electron chi connectivity index (χ4n) is 3.27. The first kappa shape index (κ1) is 22.1. The first-order chi connectivity index (χ1) is 16.0. The molecule has 0 aliphatic carbocycles. The van der Waals surface area contributed by atoms with E-state index in [0.717, 1.165) is 16.8 Å². The maximum absolute atomic E-state index is 13.0. The van der Waals surface area contributed by atoms with Crippen molar-refractivity contribution in [2.45, 2.75) is 13.5 Å². The van der Waals surface area contributed by atoms with E-state index >= 15 is 0 Å². The van der Waals surface area contributed by atoms with Crippen molar-refractivity contribution in [1.82, 2.24) is 10.3 Å². The number of hydrogen-bond donors (Lipinski definition) is 2. The number of hydrogen-bond acceptors (Lipinski definition) is 5. The topological polar surface area (TPSA) is 88.2 Å². The van der Waals surface area contributed by atoms with E-state index in [4.69, 9.17) is 0 Å². The molecule has 0 fully saturated rings. The van der Waals surface area contributed by atoms with Gasteiger partial charge in [-0.15, -0.1) is 11.3 Å². The number of ketones is 1. The Morgan fingerprint density at radius 3 is 2.21 bits per heavy atom. The Kier molecular flexibility index (Phi) is 6.71. The molecule has 1 aromatic heterocycles. The average molecular weight is 456 g/mol. The number of amides is 2. The Bertz CT molecular complexity index is 1300. The van der Waals surface area contributed by atoms with Crippen molar-refractivity contribution in [3.8, 4) is 11.3 Å². The van der Waals surface area contributed by atoms with Gasteiger partial charge >= 0.3 is 0 Å². The monoisotopic (exact) mass is 455 g/mol. The highest BCUT2D eigenvalue weighted by Crippen LogP contribution is 2.26. The number of carbonyl (C=O) groups excluding carboxylic acids is 3. The minimum atomic E-state index is -0.388. The lowest BCUT2D eigenvalue weighted by Crippen LogP contribution is -2.18. The van der Waals surface area contributed by atoms with E-state index in [-0.39, 0.29) is 17.6 Å². The highest BCUT2D eigenvalue weighted by Gasteiger charge is 2.19. The van der Waals surface area contributed by atoms with Crippen molar-refractivity contribution in [1.29, 1.82) is 0 Å². The number of benzene rings is 3. The van der Waals surface area contributed by atoms with Gasteiger partial charge < -0.3 is 5.32 Å². The molecule has 0 radical (unpaired) electrons. The van der Waals surface area contributed by atoms with E-state index in [1.165, 1.54) is 18.3 Å². The summed E-state index contributed by atoms with van der Waals surface area (Å²) in [6.07, 6.45) is 0. The van der Waals surface area contributed by atoms with Crippen LogP contribution in [0.25, 0.3) is 11.3 Å². The van der Waals surface area contributed by atoms with Crippen molar-refractivity contribution in [3.05, 3.63) is 106 Å². The van der Waals surface area contributed by atoms with Gasteiger partial charge in [-0.2, -0.15) is 0 Å². The first-order valence-corrected chi connectivity index (χ1v) is 11.2. The van der Waals surface area contributed by atoms with Gasteiger partial charge in [0.25, 0.3) is 5.91 Å². The molecule has 164 valence electrons. The van der Waals surface area contributed by atoms with Crippen LogP contribution in [0.5, 0.6) is 0 Å². The van der Waals surface area contributed by atoms with Crippen LogP contribution in [0.4, 0.5) is 5.13 Å². The summed E-state index contributed by atoms with van der Waals surface area (Å²) in [6, 6.07) is 23.3. The zero-order chi connectivity index (χ0) is 23.2. The number of anilines is 1. The van der Waals surface area contributed by atoms with Crippen LogP contribution >= 0.6 is 11.3 Å². The van der Waals surface area contributed by atoms with Gasteiger partial charge in [0, 0.05) is 35.5 Å². The molecular formula is C26H21N3O3S. The van der Waals surface area contributed by atoms with Crippen LogP contribution in [0.1, 0.15) is 38.8 Å². The SMILES string of the molecule is CC(=O)NCc1ccc(-c2csc(NC(=O)c3ccccc3C(=O)c3ccccc3)n2)cc1. The van der Waals surface area contributed by atoms with Gasteiger partial charge in [0.15, 0.2) is 10.9 Å². The van der Waals surface area contributed by atoms with Crippen LogP contribution in [0, 0.1) is 0 Å². The smallest absolute Gasteiger partial charge is 0.258 e. The van der Waals surface area contributed by atoms with E-state index in [0.29, 0.717) is 28.4 Å². The zero-order valence-electron chi connectivity index (χ0n) is 17.9. The van der Waals surface area contributed by atoms with Crippen molar-refractivity contribution in [2.75, 3.05) is 5.32 Å². The third-order valence-corrected chi connectivity index (χ3v) is 5.73. The molecular weight excluding hydrogens is 434 g/mol. The second kappa shape index (κ2) is 10.0. The number of nitrogens with one attached hydrogen (secondary N) is 2. The molecule has 0 aliphatic heterocycles. The second-order valence-corrected chi connectivity index (χ2v) is 8.20. The molecule has 0 spiro atoms. The van der Waals surface area contributed by atoms with Gasteiger partial charge in [0.1, 0.15) is 0 Å². The molecule has 2 amide bonds. The molecule has 0 unspecified atom stereocenters. The summed E-state index contributed by atoms with van der Waals surface area (Å²) in [5, 5.41) is 7.87. The van der Waals surface area contributed by atoms with Crippen LogP contribution in [0.3, 0.4) is 0 Å². The van der Waals surface area contributed by atoms with Crippen molar-refractivity contribution < 1.29 is 14.4 Å². The first-order valence-electron chi connectivity index (χ1n) is 10.3. The third kappa shape index (κ3) is 5.39. The highest BCUT2D eigenvalue weighted by molar-refractivity contribution is 7.14. The third-order valence-electron chi connectivity index (χ3n) is 4.97. The summed E-state index contributed by atoms with van der Waals surface area (Å²) in [7, 11) is 0. The normalized spacial score (nSPS) is 10.5. The van der Waals surface area contributed by atoms with Gasteiger partial charge in [-0.1, -0.05) is 72.8 Å². The van der Waals surface area contributed by atoms with Crippen LogP contribution in [0.15, 0.2) is 84.2 Å². The Morgan fingerprint density at radius 1 is 0.848 bits per heavy atom. The predicted octanol–water partition coefficient (Wildman–Crippen LogP) is 4.93. The van der Waals surface area contributed by atoms with E-state index in [2.05, 4.69) is 15.6 Å². The molecule has 33 heavy (non-hydrogen) atoms. The quantitative estimate of drug-likeness (QED) is 0.387. The minimum Gasteiger partial charge on any atom is -0.352 e. The number of carbonyl (C=O) groups is 3. The summed E-state index contributed by atoms with van der Waals surface area (Å²) in [5.74, 6) is -0.673. The zero-order valence-corrected chi connectivity index (χ0v) is 18.7. The number of nitrogens with zero attached hydrogens (tertiary/aromatic N) is 1. The molecule has 6 nitrogen and oxygen atoms in total. The highest BCUT2D eigenvalue weighted by atomic mass is 32.1. The van der Waals surface area contributed by atoms with Gasteiger partial charge in [-0.05, 0) is 11.6 Å². The summed E-state index contributed by atoms with van der Waals surface area (Å²) in [6.45, 7) is 1.95. The van der Waals surface area contributed by atoms with Crippen molar-refractivity contribution in [2.24, 2.45) is 0 Å². The predicted molar refractivity (Wildman–Crippen MR) is 129 cm³/mol. The Labute approximate surface area is 195 Å². The lowest BCUT2D eigenvalue weighted by molar-refractivity contribution is -0.119. The maximum atomic E-state index is 13.0. The Hall–Kier alpha value is -4.10. The Morgan fingerprint density at radius 2 is 1.52 bits per heavy atom. The van der Waals surface area contributed by atoms with Gasteiger partial charge in [0.2, 0.25) is 5.91 Å². The van der Waals surface area contributed by atoms with E-state index in [1.807, 2.05) is 35.7 Å². The summed E-state index contributed by atoms with van der Waals surface area (Å²) in [4.78, 5) is 41.4. The van der Waals surface area contributed by atoms with Gasteiger partial charge in [0.05, 0.1) is 11.3 Å². The molecule has 1 heterocycles. The average Bonchev–Trinajstić information content (AvgIpc) is 3.31. The molecule has 0 saturated carbocycles. The maximum Gasteiger partial charge on any atom is 0.258 e. The molecule has 4 rings (SSSR count). The molecule has 0 atom stereocenters. The lowest BCUT2D eigenvalue weighted by Gasteiger charge is -2.08. The minimum absolute atomic E-state index is 0.0778. The van der Waals surface area contributed by atoms with E-state index in [9.17, 15) is 14.4 Å². The number of aromatic nitrogens is 1. The van der Waals surface area contributed by atoms with Crippen LogP contribution in [-0.4, -0.2) is 22.6 Å². The number of rotatable bonds is 7. The van der Waals surface area contributed by atoms with Crippen molar-refractivity contribution >= 4 is 34.1 Å². The molecule has 3 aromatic carbocycles. The number of thiazole rings is 1. The largest absolute Gasteiger partial charge is 0.352 e. The van der Waals surface area contributed by atoms with Gasteiger partial charge in [-0.3, -0.25) is 19.7 Å². The second-order valence-electron chi connectivity index (χ2n) is 7.34. The molecule has 4 aromatic rings. The molecule has 0 aliphatic rings. The standard InChI is InChI=1S/C26H21N3O3S/c1-17(30)27-15-18-11-13-19(14-12-18)23-16-33-26(28-23)29-25(32)22-10-6-5-9-21(22)24(31)20-7-3-2-4-8-20/h2-14,16H,15H2,1H3,(H,27,30)(H,28,29,32). The summed E-state index contributed by atoms with van der Waals surface area (Å²) < 4.78 is 0. The Balaban J connectivity index is 1.49. The molecule has 2 N–H and O–H groups in total. The fourth-order valence-corrected chi connectivity index (χ4v) is 3.99. The molecule has 0 saturated heterocycles. The van der Waals surface area contributed by atoms with Gasteiger partial charge in [-0.25, -0.2) is 4.98 Å². The van der Waals surface area contributed by atoms with Crippen LogP contribution in [0.2, 0.25) is 0 Å². The van der Waals surface area contributed by atoms with Crippen LogP contribution in [-0.2, 0) is 11.3 Å².